The van der Waals surface area contributed by atoms with E-state index in [1.54, 1.807) is 0 Å². The standard InChI is InChI=1S/C28H24O/c1-18-15-22-10-13-25(26(22)16-19(18)2)23-11-12-24(21-7-5-4-6-8-21)27(17-23)28-14-9-20(3)29-28/h4-17,25H,1-3H3. The second kappa shape index (κ2) is 6.93. The Morgan fingerprint density at radius 2 is 1.52 bits per heavy atom. The molecule has 0 bridgehead atoms. The molecule has 1 aromatic heterocycles. The van der Waals surface area contributed by atoms with Crippen molar-refractivity contribution in [1.82, 2.24) is 0 Å². The van der Waals surface area contributed by atoms with Crippen molar-refractivity contribution in [2.24, 2.45) is 0 Å². The van der Waals surface area contributed by atoms with E-state index in [1.807, 2.05) is 13.0 Å². The van der Waals surface area contributed by atoms with Crippen molar-refractivity contribution in [3.8, 4) is 22.5 Å². The SMILES string of the molecule is Cc1ccc(-c2cc(C3C=Cc4cc(C)c(C)cc43)ccc2-c2ccccc2)o1. The zero-order chi connectivity index (χ0) is 20.0. The summed E-state index contributed by atoms with van der Waals surface area (Å²) in [7, 11) is 0. The Balaban J connectivity index is 1.66. The van der Waals surface area contributed by atoms with Gasteiger partial charge in [0.2, 0.25) is 0 Å². The highest BCUT2D eigenvalue weighted by Gasteiger charge is 2.22. The highest BCUT2D eigenvalue weighted by Crippen LogP contribution is 2.41. The monoisotopic (exact) mass is 376 g/mol. The first-order chi connectivity index (χ1) is 14.1. The minimum Gasteiger partial charge on any atom is -0.461 e. The van der Waals surface area contributed by atoms with Gasteiger partial charge in [-0.2, -0.15) is 0 Å². The molecule has 0 saturated heterocycles. The van der Waals surface area contributed by atoms with Crippen LogP contribution in [0.5, 0.6) is 0 Å². The Kier molecular flexibility index (Phi) is 4.24. The van der Waals surface area contributed by atoms with Crippen LogP contribution in [0.2, 0.25) is 0 Å². The van der Waals surface area contributed by atoms with Gasteiger partial charge in [-0.25, -0.2) is 0 Å². The molecule has 1 heteroatoms. The first kappa shape index (κ1) is 17.8. The molecule has 0 radical (unpaired) electrons. The number of aryl methyl sites for hydroxylation is 3. The summed E-state index contributed by atoms with van der Waals surface area (Å²) < 4.78 is 6.04. The van der Waals surface area contributed by atoms with Crippen LogP contribution in [-0.4, -0.2) is 0 Å². The minimum absolute atomic E-state index is 0.281. The highest BCUT2D eigenvalue weighted by molar-refractivity contribution is 5.82. The maximum atomic E-state index is 6.04. The van der Waals surface area contributed by atoms with Crippen molar-refractivity contribution >= 4 is 6.08 Å². The number of rotatable bonds is 3. The fourth-order valence-corrected chi connectivity index (χ4v) is 4.28. The van der Waals surface area contributed by atoms with E-state index in [-0.39, 0.29) is 5.92 Å². The molecule has 1 aliphatic rings. The highest BCUT2D eigenvalue weighted by atomic mass is 16.3. The Bertz CT molecular complexity index is 1220. The van der Waals surface area contributed by atoms with E-state index in [0.29, 0.717) is 0 Å². The molecule has 1 aliphatic carbocycles. The first-order valence-corrected chi connectivity index (χ1v) is 10.2. The molecule has 5 rings (SSSR count). The van der Waals surface area contributed by atoms with Crippen LogP contribution in [0.4, 0.5) is 0 Å². The van der Waals surface area contributed by atoms with Crippen LogP contribution in [0.3, 0.4) is 0 Å². The topological polar surface area (TPSA) is 13.1 Å². The average molecular weight is 376 g/mol. The number of hydrogen-bond acceptors (Lipinski definition) is 1. The second-order valence-electron chi connectivity index (χ2n) is 7.98. The Hall–Kier alpha value is -3.32. The fourth-order valence-electron chi connectivity index (χ4n) is 4.28. The molecule has 1 heterocycles. The fraction of sp³-hybridized carbons (Fsp3) is 0.143. The zero-order valence-electron chi connectivity index (χ0n) is 17.1. The summed E-state index contributed by atoms with van der Waals surface area (Å²) in [4.78, 5) is 0. The summed E-state index contributed by atoms with van der Waals surface area (Å²) in [6, 6.07) is 26.1. The molecule has 4 aromatic rings. The van der Waals surface area contributed by atoms with E-state index < -0.39 is 0 Å². The molecule has 3 aromatic carbocycles. The molecular weight excluding hydrogens is 352 g/mol. The number of benzene rings is 3. The van der Waals surface area contributed by atoms with Gasteiger partial charge in [-0.15, -0.1) is 0 Å². The largest absolute Gasteiger partial charge is 0.461 e. The summed E-state index contributed by atoms with van der Waals surface area (Å²) in [6.45, 7) is 6.37. The van der Waals surface area contributed by atoms with Crippen LogP contribution < -0.4 is 0 Å². The van der Waals surface area contributed by atoms with Gasteiger partial charge in [-0.05, 0) is 77.9 Å². The summed E-state index contributed by atoms with van der Waals surface area (Å²) >= 11 is 0. The molecule has 1 nitrogen and oxygen atoms in total. The van der Waals surface area contributed by atoms with Gasteiger partial charge in [0.15, 0.2) is 0 Å². The van der Waals surface area contributed by atoms with Crippen LogP contribution in [0, 0.1) is 20.8 Å². The average Bonchev–Trinajstić information content (AvgIpc) is 3.35. The van der Waals surface area contributed by atoms with Crippen molar-refractivity contribution in [3.05, 3.63) is 112 Å². The van der Waals surface area contributed by atoms with Gasteiger partial charge in [0, 0.05) is 11.5 Å². The quantitative estimate of drug-likeness (QED) is 0.357. The van der Waals surface area contributed by atoms with E-state index in [0.717, 1.165) is 17.1 Å². The van der Waals surface area contributed by atoms with E-state index in [4.69, 9.17) is 4.42 Å². The Labute approximate surface area is 172 Å². The zero-order valence-corrected chi connectivity index (χ0v) is 17.1. The van der Waals surface area contributed by atoms with Crippen molar-refractivity contribution in [1.29, 1.82) is 0 Å². The summed E-state index contributed by atoms with van der Waals surface area (Å²) in [6.07, 6.45) is 4.58. The van der Waals surface area contributed by atoms with Crippen LogP contribution in [0.25, 0.3) is 28.5 Å². The molecular formula is C28H24O. The number of hydrogen-bond donors (Lipinski definition) is 0. The van der Waals surface area contributed by atoms with Gasteiger partial charge >= 0.3 is 0 Å². The van der Waals surface area contributed by atoms with Crippen molar-refractivity contribution in [3.63, 3.8) is 0 Å². The molecule has 0 aliphatic heterocycles. The lowest BCUT2D eigenvalue weighted by atomic mass is 9.87. The second-order valence-corrected chi connectivity index (χ2v) is 7.98. The van der Waals surface area contributed by atoms with E-state index >= 15 is 0 Å². The number of allylic oxidation sites excluding steroid dienone is 1. The third kappa shape index (κ3) is 3.13. The van der Waals surface area contributed by atoms with Gasteiger partial charge < -0.3 is 4.42 Å². The Morgan fingerprint density at radius 3 is 2.28 bits per heavy atom. The van der Waals surface area contributed by atoms with E-state index in [1.165, 1.54) is 38.9 Å². The van der Waals surface area contributed by atoms with E-state index in [2.05, 4.69) is 92.7 Å². The maximum absolute atomic E-state index is 6.04. The van der Waals surface area contributed by atoms with Crippen LogP contribution in [0.1, 0.15) is 39.5 Å². The molecule has 29 heavy (non-hydrogen) atoms. The van der Waals surface area contributed by atoms with Gasteiger partial charge in [0.1, 0.15) is 11.5 Å². The lowest BCUT2D eigenvalue weighted by molar-refractivity contribution is 0.548. The molecule has 0 amide bonds. The Morgan fingerprint density at radius 1 is 0.724 bits per heavy atom. The number of furan rings is 1. The van der Waals surface area contributed by atoms with Gasteiger partial charge in [0.25, 0.3) is 0 Å². The van der Waals surface area contributed by atoms with Gasteiger partial charge in [0.05, 0.1) is 0 Å². The van der Waals surface area contributed by atoms with Crippen LogP contribution >= 0.6 is 0 Å². The normalized spacial score (nSPS) is 14.9. The molecule has 1 unspecified atom stereocenters. The van der Waals surface area contributed by atoms with E-state index in [9.17, 15) is 0 Å². The van der Waals surface area contributed by atoms with Gasteiger partial charge in [-0.3, -0.25) is 0 Å². The summed E-state index contributed by atoms with van der Waals surface area (Å²) in [5, 5.41) is 0. The molecule has 0 spiro atoms. The minimum atomic E-state index is 0.281. The third-order valence-corrected chi connectivity index (χ3v) is 6.00. The third-order valence-electron chi connectivity index (χ3n) is 6.00. The lowest BCUT2D eigenvalue weighted by Crippen LogP contribution is -1.99. The van der Waals surface area contributed by atoms with Crippen molar-refractivity contribution in [2.45, 2.75) is 26.7 Å². The van der Waals surface area contributed by atoms with Crippen LogP contribution in [0.15, 0.2) is 83.3 Å². The molecule has 0 fully saturated rings. The predicted molar refractivity (Wildman–Crippen MR) is 121 cm³/mol. The molecule has 0 saturated carbocycles. The lowest BCUT2D eigenvalue weighted by Gasteiger charge is -2.17. The van der Waals surface area contributed by atoms with Crippen LogP contribution in [-0.2, 0) is 0 Å². The smallest absolute Gasteiger partial charge is 0.134 e. The van der Waals surface area contributed by atoms with Crippen molar-refractivity contribution < 1.29 is 4.42 Å². The summed E-state index contributed by atoms with van der Waals surface area (Å²) in [5.41, 5.74) is 10.3. The maximum Gasteiger partial charge on any atom is 0.134 e. The predicted octanol–water partition coefficient (Wildman–Crippen LogP) is 7.70. The van der Waals surface area contributed by atoms with Crippen molar-refractivity contribution in [2.75, 3.05) is 0 Å². The summed E-state index contributed by atoms with van der Waals surface area (Å²) in [5.74, 6) is 2.14. The first-order valence-electron chi connectivity index (χ1n) is 10.2. The molecule has 142 valence electrons. The molecule has 0 N–H and O–H groups in total. The number of fused-ring (bicyclic) bond motifs is 1. The van der Waals surface area contributed by atoms with Gasteiger partial charge in [-0.1, -0.05) is 66.7 Å². The molecule has 1 atom stereocenters.